The SMILES string of the molecule is CN(Cc1cnn(-c2ccccc2)c1)C(=O)CCc1nc2sc3c(c2c(=O)[nH]1)CCCC3. The van der Waals surface area contributed by atoms with Crippen molar-refractivity contribution < 1.29 is 4.79 Å². The summed E-state index contributed by atoms with van der Waals surface area (Å²) >= 11 is 1.64. The van der Waals surface area contributed by atoms with Crippen LogP contribution in [0, 0.1) is 0 Å². The minimum absolute atomic E-state index is 0.00526. The summed E-state index contributed by atoms with van der Waals surface area (Å²) in [7, 11) is 1.79. The summed E-state index contributed by atoms with van der Waals surface area (Å²) in [5.74, 6) is 0.588. The zero-order valence-corrected chi connectivity index (χ0v) is 18.8. The second-order valence-corrected chi connectivity index (χ2v) is 9.37. The van der Waals surface area contributed by atoms with Crippen LogP contribution in [0.15, 0.2) is 47.5 Å². The molecule has 5 rings (SSSR count). The molecule has 0 spiro atoms. The predicted molar refractivity (Wildman–Crippen MR) is 125 cm³/mol. The molecular weight excluding hydrogens is 422 g/mol. The first-order valence-corrected chi connectivity index (χ1v) is 11.8. The van der Waals surface area contributed by atoms with Crippen molar-refractivity contribution in [1.82, 2.24) is 24.6 Å². The van der Waals surface area contributed by atoms with Crippen LogP contribution in [-0.4, -0.2) is 37.6 Å². The molecule has 1 aromatic carbocycles. The number of fused-ring (bicyclic) bond motifs is 3. The highest BCUT2D eigenvalue weighted by Gasteiger charge is 2.20. The molecule has 0 atom stereocenters. The number of hydrogen-bond acceptors (Lipinski definition) is 5. The normalized spacial score (nSPS) is 13.3. The second-order valence-electron chi connectivity index (χ2n) is 8.28. The van der Waals surface area contributed by atoms with E-state index in [4.69, 9.17) is 0 Å². The Bertz CT molecular complexity index is 1320. The van der Waals surface area contributed by atoms with Crippen molar-refractivity contribution in [2.24, 2.45) is 0 Å². The average Bonchev–Trinajstić information content (AvgIpc) is 3.42. The molecule has 1 N–H and O–H groups in total. The number of rotatable bonds is 6. The van der Waals surface area contributed by atoms with Gasteiger partial charge in [0.25, 0.3) is 5.56 Å². The van der Waals surface area contributed by atoms with Gasteiger partial charge in [-0.3, -0.25) is 9.59 Å². The summed E-state index contributed by atoms with van der Waals surface area (Å²) < 4.78 is 1.80. The number of carbonyl (C=O) groups excluding carboxylic acids is 1. The topological polar surface area (TPSA) is 83.9 Å². The third kappa shape index (κ3) is 4.10. The Morgan fingerprint density at radius 3 is 2.88 bits per heavy atom. The third-order valence-corrected chi connectivity index (χ3v) is 7.14. The lowest BCUT2D eigenvalue weighted by atomic mass is 9.97. The van der Waals surface area contributed by atoms with Gasteiger partial charge in [0.05, 0.1) is 17.3 Å². The van der Waals surface area contributed by atoms with E-state index in [1.807, 2.05) is 36.5 Å². The fourth-order valence-corrected chi connectivity index (χ4v) is 5.55. The summed E-state index contributed by atoms with van der Waals surface area (Å²) in [5.41, 5.74) is 3.05. The highest BCUT2D eigenvalue weighted by atomic mass is 32.1. The zero-order valence-electron chi connectivity index (χ0n) is 18.0. The molecule has 3 aromatic heterocycles. The van der Waals surface area contributed by atoms with Crippen LogP contribution < -0.4 is 5.56 Å². The molecule has 0 saturated heterocycles. The Labute approximate surface area is 189 Å². The fourth-order valence-electron chi connectivity index (χ4n) is 4.27. The minimum atomic E-state index is -0.0708. The van der Waals surface area contributed by atoms with Gasteiger partial charge in [0.2, 0.25) is 5.91 Å². The van der Waals surface area contributed by atoms with Crippen molar-refractivity contribution in [3.05, 3.63) is 74.9 Å². The number of hydrogen-bond donors (Lipinski definition) is 1. The Morgan fingerprint density at radius 1 is 1.22 bits per heavy atom. The molecule has 4 aromatic rings. The minimum Gasteiger partial charge on any atom is -0.341 e. The lowest BCUT2D eigenvalue weighted by molar-refractivity contribution is -0.130. The number of nitrogens with zero attached hydrogens (tertiary/aromatic N) is 4. The summed E-state index contributed by atoms with van der Waals surface area (Å²) in [6, 6.07) is 9.87. The van der Waals surface area contributed by atoms with Crippen LogP contribution in [0.25, 0.3) is 15.9 Å². The number of thiophene rings is 1. The molecule has 0 aliphatic heterocycles. The number of aromatic nitrogens is 4. The molecule has 7 nitrogen and oxygen atoms in total. The number of H-pyrrole nitrogens is 1. The summed E-state index contributed by atoms with van der Waals surface area (Å²) in [4.78, 5) is 36.7. The number of para-hydroxylation sites is 1. The quantitative estimate of drug-likeness (QED) is 0.489. The van der Waals surface area contributed by atoms with Crippen molar-refractivity contribution in [2.75, 3.05) is 7.05 Å². The van der Waals surface area contributed by atoms with Gasteiger partial charge in [-0.1, -0.05) is 18.2 Å². The number of amides is 1. The Balaban J connectivity index is 1.23. The lowest BCUT2D eigenvalue weighted by Gasteiger charge is -2.16. The van der Waals surface area contributed by atoms with Crippen LogP contribution in [0.1, 0.15) is 41.1 Å². The number of benzene rings is 1. The van der Waals surface area contributed by atoms with Gasteiger partial charge >= 0.3 is 0 Å². The molecular formula is C24H25N5O2S. The molecule has 164 valence electrons. The number of nitrogens with one attached hydrogen (secondary N) is 1. The van der Waals surface area contributed by atoms with E-state index in [2.05, 4.69) is 15.1 Å². The molecule has 1 aliphatic carbocycles. The Kier molecular flexibility index (Phi) is 5.61. The summed E-state index contributed by atoms with van der Waals surface area (Å²) in [6.45, 7) is 0.478. The van der Waals surface area contributed by atoms with E-state index in [1.165, 1.54) is 16.9 Å². The van der Waals surface area contributed by atoms with Gasteiger partial charge in [0, 0.05) is 43.1 Å². The molecule has 0 bridgehead atoms. The molecule has 1 aliphatic rings. The molecule has 32 heavy (non-hydrogen) atoms. The molecule has 8 heteroatoms. The Hall–Kier alpha value is -3.26. The van der Waals surface area contributed by atoms with E-state index >= 15 is 0 Å². The second kappa shape index (κ2) is 8.70. The smallest absolute Gasteiger partial charge is 0.259 e. The molecule has 0 radical (unpaired) electrons. The molecule has 0 saturated carbocycles. The van der Waals surface area contributed by atoms with Crippen LogP contribution in [-0.2, 0) is 30.6 Å². The van der Waals surface area contributed by atoms with Crippen LogP contribution in [0.5, 0.6) is 0 Å². The number of aryl methyl sites for hydroxylation is 3. The van der Waals surface area contributed by atoms with E-state index in [9.17, 15) is 9.59 Å². The van der Waals surface area contributed by atoms with Crippen LogP contribution in [0.4, 0.5) is 0 Å². The van der Waals surface area contributed by atoms with Crippen LogP contribution in [0.3, 0.4) is 0 Å². The Morgan fingerprint density at radius 2 is 2.03 bits per heavy atom. The molecule has 1 amide bonds. The molecule has 3 heterocycles. The summed E-state index contributed by atoms with van der Waals surface area (Å²) in [5, 5.41) is 5.15. The van der Waals surface area contributed by atoms with E-state index < -0.39 is 0 Å². The highest BCUT2D eigenvalue weighted by Crippen LogP contribution is 2.33. The highest BCUT2D eigenvalue weighted by molar-refractivity contribution is 7.18. The van der Waals surface area contributed by atoms with Crippen molar-refractivity contribution in [3.8, 4) is 5.69 Å². The monoisotopic (exact) mass is 447 g/mol. The van der Waals surface area contributed by atoms with Gasteiger partial charge in [0.1, 0.15) is 10.7 Å². The van der Waals surface area contributed by atoms with Crippen LogP contribution in [0.2, 0.25) is 0 Å². The molecule has 0 unspecified atom stereocenters. The van der Waals surface area contributed by atoms with Gasteiger partial charge in [-0.15, -0.1) is 11.3 Å². The maximum Gasteiger partial charge on any atom is 0.259 e. The standard InChI is InChI=1S/C24H25N5O2S/c1-28(14-16-13-25-29(15-16)17-7-3-2-4-8-17)21(30)12-11-20-26-23(31)22-18-9-5-6-10-19(18)32-24(22)27-20/h2-4,7-8,13,15H,5-6,9-12,14H2,1H3,(H,26,27,31). The number of aromatic amines is 1. The van der Waals surface area contributed by atoms with Crippen molar-refractivity contribution in [1.29, 1.82) is 0 Å². The predicted octanol–water partition coefficient (Wildman–Crippen LogP) is 3.64. The van der Waals surface area contributed by atoms with Gasteiger partial charge in [0.15, 0.2) is 0 Å². The summed E-state index contributed by atoms with van der Waals surface area (Å²) in [6.07, 6.45) is 8.73. The van der Waals surface area contributed by atoms with Crippen molar-refractivity contribution in [2.45, 2.75) is 45.1 Å². The van der Waals surface area contributed by atoms with E-state index in [0.29, 0.717) is 25.2 Å². The van der Waals surface area contributed by atoms with E-state index in [0.717, 1.165) is 40.7 Å². The van der Waals surface area contributed by atoms with E-state index in [1.54, 1.807) is 34.2 Å². The van der Waals surface area contributed by atoms with E-state index in [-0.39, 0.29) is 11.5 Å². The van der Waals surface area contributed by atoms with Gasteiger partial charge in [-0.05, 0) is 43.4 Å². The largest absolute Gasteiger partial charge is 0.341 e. The molecule has 0 fully saturated rings. The average molecular weight is 448 g/mol. The maximum atomic E-state index is 12.7. The first-order chi connectivity index (χ1) is 15.6. The number of carbonyl (C=O) groups is 1. The zero-order chi connectivity index (χ0) is 22.1. The lowest BCUT2D eigenvalue weighted by Crippen LogP contribution is -2.26. The van der Waals surface area contributed by atoms with Gasteiger partial charge < -0.3 is 9.88 Å². The van der Waals surface area contributed by atoms with Gasteiger partial charge in [-0.2, -0.15) is 5.10 Å². The van der Waals surface area contributed by atoms with Gasteiger partial charge in [-0.25, -0.2) is 9.67 Å². The third-order valence-electron chi connectivity index (χ3n) is 5.95. The fraction of sp³-hybridized carbons (Fsp3) is 0.333. The van der Waals surface area contributed by atoms with Crippen molar-refractivity contribution >= 4 is 27.5 Å². The van der Waals surface area contributed by atoms with Crippen LogP contribution >= 0.6 is 11.3 Å². The first-order valence-electron chi connectivity index (χ1n) is 10.9. The first kappa shape index (κ1) is 20.6. The maximum absolute atomic E-state index is 12.7. The van der Waals surface area contributed by atoms with Crippen molar-refractivity contribution in [3.63, 3.8) is 0 Å².